The van der Waals surface area contributed by atoms with Crippen molar-refractivity contribution in [1.82, 2.24) is 10.3 Å². The molecule has 1 aliphatic heterocycles. The first kappa shape index (κ1) is 16.0. The first-order valence-electron chi connectivity index (χ1n) is 7.47. The Morgan fingerprint density at radius 1 is 1.23 bits per heavy atom. The molecule has 0 aliphatic carbocycles. The molecule has 1 heterocycles. The summed E-state index contributed by atoms with van der Waals surface area (Å²) in [5.74, 6) is -0.498. The number of rotatable bonds is 3. The van der Waals surface area contributed by atoms with Crippen molar-refractivity contribution in [3.63, 3.8) is 0 Å². The van der Waals surface area contributed by atoms with Gasteiger partial charge >= 0.3 is 11.8 Å². The smallest absolute Gasteiger partial charge is 0.329 e. The number of nitrogens with one attached hydrogen (secondary N) is 1. The van der Waals surface area contributed by atoms with Gasteiger partial charge in [0, 0.05) is 13.1 Å². The molecule has 6 nitrogen and oxygen atoms in total. The molecular formula is C16H21N3O3. The maximum Gasteiger partial charge on any atom is 0.329 e. The topological polar surface area (TPSA) is 71.0 Å². The lowest BCUT2D eigenvalue weighted by Gasteiger charge is -2.18. The molecule has 22 heavy (non-hydrogen) atoms. The van der Waals surface area contributed by atoms with Crippen LogP contribution in [-0.2, 0) is 9.59 Å². The molecule has 2 rings (SSSR count). The van der Waals surface area contributed by atoms with Crippen LogP contribution in [0.15, 0.2) is 29.4 Å². The molecular weight excluding hydrogens is 282 g/mol. The summed E-state index contributed by atoms with van der Waals surface area (Å²) in [6.45, 7) is 1.29. The highest BCUT2D eigenvalue weighted by Gasteiger charge is 2.21. The second-order valence-corrected chi connectivity index (χ2v) is 5.18. The number of carbonyl (C=O) groups excluding carboxylic acids is 2. The molecule has 0 aromatic heterocycles. The number of hydrogen-bond donors (Lipinski definition) is 1. The molecule has 1 saturated heterocycles. The summed E-state index contributed by atoms with van der Waals surface area (Å²) < 4.78 is 5.10. The van der Waals surface area contributed by atoms with Crippen molar-refractivity contribution in [2.24, 2.45) is 5.10 Å². The van der Waals surface area contributed by atoms with E-state index in [-0.39, 0.29) is 0 Å². The molecule has 1 N–H and O–H groups in total. The highest BCUT2D eigenvalue weighted by molar-refractivity contribution is 6.35. The second-order valence-electron chi connectivity index (χ2n) is 5.18. The van der Waals surface area contributed by atoms with Gasteiger partial charge in [-0.3, -0.25) is 9.59 Å². The summed E-state index contributed by atoms with van der Waals surface area (Å²) in [5, 5.41) is 3.83. The van der Waals surface area contributed by atoms with E-state index in [1.165, 1.54) is 6.21 Å². The Labute approximate surface area is 130 Å². The van der Waals surface area contributed by atoms with Crippen molar-refractivity contribution in [3.05, 3.63) is 29.8 Å². The molecule has 0 atom stereocenters. The first-order chi connectivity index (χ1) is 10.7. The summed E-state index contributed by atoms with van der Waals surface area (Å²) in [4.78, 5) is 25.4. The van der Waals surface area contributed by atoms with Gasteiger partial charge in [0.1, 0.15) is 5.75 Å². The molecule has 1 aliphatic rings. The number of ether oxygens (including phenoxy) is 1. The van der Waals surface area contributed by atoms with Crippen LogP contribution >= 0.6 is 0 Å². The van der Waals surface area contributed by atoms with Crippen LogP contribution in [0.1, 0.15) is 31.2 Å². The van der Waals surface area contributed by atoms with Gasteiger partial charge < -0.3 is 9.64 Å². The number of hydrogen-bond acceptors (Lipinski definition) is 4. The number of benzene rings is 1. The van der Waals surface area contributed by atoms with Crippen LogP contribution in [-0.4, -0.2) is 43.1 Å². The summed E-state index contributed by atoms with van der Waals surface area (Å²) >= 11 is 0. The molecule has 1 aromatic carbocycles. The third-order valence-corrected chi connectivity index (χ3v) is 3.56. The average molecular weight is 303 g/mol. The third-order valence-electron chi connectivity index (χ3n) is 3.56. The van der Waals surface area contributed by atoms with Crippen LogP contribution in [0.4, 0.5) is 0 Å². The van der Waals surface area contributed by atoms with Gasteiger partial charge in [0.15, 0.2) is 0 Å². The van der Waals surface area contributed by atoms with Gasteiger partial charge in [0.2, 0.25) is 0 Å². The van der Waals surface area contributed by atoms with E-state index in [4.69, 9.17) is 4.74 Å². The van der Waals surface area contributed by atoms with Crippen LogP contribution in [0.3, 0.4) is 0 Å². The molecule has 0 bridgehead atoms. The van der Waals surface area contributed by atoms with Crippen LogP contribution in [0.25, 0.3) is 0 Å². The van der Waals surface area contributed by atoms with E-state index in [0.717, 1.165) is 31.2 Å². The van der Waals surface area contributed by atoms with Crippen LogP contribution in [0.2, 0.25) is 0 Å². The quantitative estimate of drug-likeness (QED) is 0.523. The zero-order chi connectivity index (χ0) is 15.8. The SMILES string of the molecule is COc1cccc(/C=N\NC(=O)C(=O)N2CCCCCC2)c1. The Morgan fingerprint density at radius 3 is 2.64 bits per heavy atom. The van der Waals surface area contributed by atoms with Crippen molar-refractivity contribution < 1.29 is 14.3 Å². The first-order valence-corrected chi connectivity index (χ1v) is 7.47. The van der Waals surface area contributed by atoms with Gasteiger partial charge in [-0.1, -0.05) is 25.0 Å². The Hall–Kier alpha value is -2.37. The molecule has 0 spiro atoms. The minimum atomic E-state index is -0.693. The van der Waals surface area contributed by atoms with E-state index in [1.54, 1.807) is 18.1 Å². The van der Waals surface area contributed by atoms with E-state index in [2.05, 4.69) is 10.5 Å². The molecule has 0 radical (unpaired) electrons. The van der Waals surface area contributed by atoms with Crippen molar-refractivity contribution in [2.45, 2.75) is 25.7 Å². The Balaban J connectivity index is 1.88. The molecule has 6 heteroatoms. The van der Waals surface area contributed by atoms with Gasteiger partial charge in [-0.2, -0.15) is 5.10 Å². The van der Waals surface area contributed by atoms with Crippen molar-refractivity contribution in [1.29, 1.82) is 0 Å². The summed E-state index contributed by atoms with van der Waals surface area (Å²) in [6.07, 6.45) is 5.60. The fourth-order valence-corrected chi connectivity index (χ4v) is 2.35. The maximum absolute atomic E-state index is 12.0. The molecule has 1 fully saturated rings. The molecule has 0 saturated carbocycles. The van der Waals surface area contributed by atoms with E-state index < -0.39 is 11.8 Å². The fourth-order valence-electron chi connectivity index (χ4n) is 2.35. The maximum atomic E-state index is 12.0. The van der Waals surface area contributed by atoms with E-state index in [0.29, 0.717) is 18.8 Å². The predicted molar refractivity (Wildman–Crippen MR) is 83.8 cm³/mol. The van der Waals surface area contributed by atoms with Crippen molar-refractivity contribution >= 4 is 18.0 Å². The van der Waals surface area contributed by atoms with E-state index >= 15 is 0 Å². The van der Waals surface area contributed by atoms with Crippen molar-refractivity contribution in [3.8, 4) is 5.75 Å². The summed E-state index contributed by atoms with van der Waals surface area (Å²) in [5.41, 5.74) is 3.06. The lowest BCUT2D eigenvalue weighted by molar-refractivity contribution is -0.145. The van der Waals surface area contributed by atoms with Crippen LogP contribution < -0.4 is 10.2 Å². The highest BCUT2D eigenvalue weighted by atomic mass is 16.5. The summed E-state index contributed by atoms with van der Waals surface area (Å²) in [7, 11) is 1.58. The molecule has 1 aromatic rings. The minimum absolute atomic E-state index is 0.510. The average Bonchev–Trinajstić information content (AvgIpc) is 2.83. The van der Waals surface area contributed by atoms with Gasteiger partial charge in [-0.25, -0.2) is 5.43 Å². The molecule has 118 valence electrons. The monoisotopic (exact) mass is 303 g/mol. The lowest BCUT2D eigenvalue weighted by atomic mass is 10.2. The van der Waals surface area contributed by atoms with E-state index in [1.807, 2.05) is 18.2 Å². The predicted octanol–water partition coefficient (Wildman–Crippen LogP) is 1.55. The Kier molecular flexibility index (Phi) is 5.94. The Morgan fingerprint density at radius 2 is 1.95 bits per heavy atom. The van der Waals surface area contributed by atoms with Gasteiger partial charge in [0.05, 0.1) is 13.3 Å². The van der Waals surface area contributed by atoms with Gasteiger partial charge in [-0.05, 0) is 30.5 Å². The zero-order valence-corrected chi connectivity index (χ0v) is 12.7. The number of carbonyl (C=O) groups is 2. The number of likely N-dealkylation sites (tertiary alicyclic amines) is 1. The van der Waals surface area contributed by atoms with Gasteiger partial charge in [-0.15, -0.1) is 0 Å². The number of amides is 2. The fraction of sp³-hybridized carbons (Fsp3) is 0.438. The summed E-state index contributed by atoms with van der Waals surface area (Å²) in [6, 6.07) is 7.25. The standard InChI is InChI=1S/C16H21N3O3/c1-22-14-8-6-7-13(11-14)12-17-18-15(20)16(21)19-9-4-2-3-5-10-19/h6-8,11-12H,2-5,9-10H2,1H3,(H,18,20)/b17-12-. The normalized spacial score (nSPS) is 15.4. The number of methoxy groups -OCH3 is 1. The number of nitrogens with zero attached hydrogens (tertiary/aromatic N) is 2. The third kappa shape index (κ3) is 4.58. The van der Waals surface area contributed by atoms with Crippen LogP contribution in [0, 0.1) is 0 Å². The van der Waals surface area contributed by atoms with Gasteiger partial charge in [0.25, 0.3) is 0 Å². The van der Waals surface area contributed by atoms with Crippen molar-refractivity contribution in [2.75, 3.05) is 20.2 Å². The molecule has 2 amide bonds. The largest absolute Gasteiger partial charge is 0.497 e. The lowest BCUT2D eigenvalue weighted by Crippen LogP contribution is -2.41. The zero-order valence-electron chi connectivity index (χ0n) is 12.7. The Bertz CT molecular complexity index is 549. The van der Waals surface area contributed by atoms with E-state index in [9.17, 15) is 9.59 Å². The highest BCUT2D eigenvalue weighted by Crippen LogP contribution is 2.11. The number of hydrazone groups is 1. The molecule has 0 unspecified atom stereocenters. The second kappa shape index (κ2) is 8.17. The van der Waals surface area contributed by atoms with Crippen LogP contribution in [0.5, 0.6) is 5.75 Å². The minimum Gasteiger partial charge on any atom is -0.497 e.